The van der Waals surface area contributed by atoms with E-state index in [1.165, 1.54) is 16.4 Å². The van der Waals surface area contributed by atoms with Gasteiger partial charge in [0.15, 0.2) is 10.9 Å². The maximum absolute atomic E-state index is 13.6. The van der Waals surface area contributed by atoms with Gasteiger partial charge in [0.25, 0.3) is 5.91 Å². The lowest BCUT2D eigenvalue weighted by Crippen LogP contribution is -2.16. The van der Waals surface area contributed by atoms with Gasteiger partial charge in [-0.15, -0.1) is 5.10 Å². The molecular formula is C22H16F4N6OS. The fourth-order valence-electron chi connectivity index (χ4n) is 3.00. The van der Waals surface area contributed by atoms with Gasteiger partial charge >= 0.3 is 6.18 Å². The summed E-state index contributed by atoms with van der Waals surface area (Å²) >= 11 is 1.23. The average molecular weight is 488 g/mol. The maximum atomic E-state index is 13.6. The Bertz CT molecular complexity index is 1310. The molecule has 7 nitrogen and oxygen atoms in total. The molecule has 0 atom stereocenters. The number of aryl methyl sites for hydroxylation is 1. The number of hydrogen-bond acceptors (Lipinski definition) is 6. The van der Waals surface area contributed by atoms with Crippen LogP contribution in [0.1, 0.15) is 27.3 Å². The summed E-state index contributed by atoms with van der Waals surface area (Å²) < 4.78 is 54.2. The molecule has 0 aliphatic rings. The summed E-state index contributed by atoms with van der Waals surface area (Å²) in [5, 5.41) is 10.8. The first-order valence-corrected chi connectivity index (χ1v) is 10.8. The van der Waals surface area contributed by atoms with Crippen LogP contribution in [0.25, 0.3) is 5.69 Å². The minimum absolute atomic E-state index is 0.0955. The Morgan fingerprint density at radius 3 is 2.47 bits per heavy atom. The number of alkyl halides is 3. The molecule has 12 heteroatoms. The molecule has 0 radical (unpaired) electrons. The highest BCUT2D eigenvalue weighted by atomic mass is 32.2. The normalized spacial score (nSPS) is 11.4. The Hall–Kier alpha value is -3.80. The number of amides is 1. The molecule has 4 rings (SSSR count). The second-order valence-corrected chi connectivity index (χ2v) is 8.04. The smallest absolute Gasteiger partial charge is 0.321 e. The number of anilines is 1. The van der Waals surface area contributed by atoms with Gasteiger partial charge in [0.1, 0.15) is 5.82 Å². The SMILES string of the molecule is Cc1ccc(-n2nnc(C(=O)Nc3ccc(F)c(C(F)(F)F)c3)c2CSc2ncccn2)cc1. The second-order valence-electron chi connectivity index (χ2n) is 7.10. The van der Waals surface area contributed by atoms with Gasteiger partial charge in [-0.3, -0.25) is 4.79 Å². The van der Waals surface area contributed by atoms with Gasteiger partial charge < -0.3 is 5.32 Å². The van der Waals surface area contributed by atoms with Gasteiger partial charge in [-0.05, 0) is 43.3 Å². The van der Waals surface area contributed by atoms with Crippen LogP contribution in [-0.2, 0) is 11.9 Å². The summed E-state index contributed by atoms with van der Waals surface area (Å²) in [6, 6.07) is 11.2. The van der Waals surface area contributed by atoms with Crippen molar-refractivity contribution in [2.24, 2.45) is 0 Å². The molecule has 0 bridgehead atoms. The molecule has 2 aromatic carbocycles. The van der Waals surface area contributed by atoms with Crippen molar-refractivity contribution in [1.29, 1.82) is 0 Å². The summed E-state index contributed by atoms with van der Waals surface area (Å²) in [4.78, 5) is 21.2. The van der Waals surface area contributed by atoms with E-state index >= 15 is 0 Å². The van der Waals surface area contributed by atoms with E-state index in [9.17, 15) is 22.4 Å². The quantitative estimate of drug-likeness (QED) is 0.232. The molecule has 0 fully saturated rings. The van der Waals surface area contributed by atoms with Crippen LogP contribution < -0.4 is 5.32 Å². The summed E-state index contributed by atoms with van der Waals surface area (Å²) in [6.45, 7) is 1.92. The number of carbonyl (C=O) groups is 1. The average Bonchev–Trinajstić information content (AvgIpc) is 3.23. The Morgan fingerprint density at radius 2 is 1.79 bits per heavy atom. The molecule has 0 aliphatic heterocycles. The van der Waals surface area contributed by atoms with Gasteiger partial charge in [0, 0.05) is 23.8 Å². The predicted molar refractivity (Wildman–Crippen MR) is 117 cm³/mol. The number of aromatic nitrogens is 5. The van der Waals surface area contributed by atoms with Crippen LogP contribution in [0.4, 0.5) is 23.2 Å². The highest BCUT2D eigenvalue weighted by Crippen LogP contribution is 2.33. The highest BCUT2D eigenvalue weighted by molar-refractivity contribution is 7.98. The topological polar surface area (TPSA) is 85.6 Å². The van der Waals surface area contributed by atoms with Crippen molar-refractivity contribution in [3.8, 4) is 5.69 Å². The van der Waals surface area contributed by atoms with E-state index in [0.717, 1.165) is 11.6 Å². The Morgan fingerprint density at radius 1 is 1.09 bits per heavy atom. The largest absolute Gasteiger partial charge is 0.419 e. The standard InChI is InChI=1S/C22H16F4N6OS/c1-13-3-6-15(7-4-13)32-18(12-34-21-27-9-2-10-28-21)19(30-31-32)20(33)29-14-5-8-17(23)16(11-14)22(24,25)26/h2-11H,12H2,1H3,(H,29,33). The van der Waals surface area contributed by atoms with E-state index in [0.29, 0.717) is 28.7 Å². The van der Waals surface area contributed by atoms with Gasteiger partial charge in [0.05, 0.1) is 16.9 Å². The molecule has 174 valence electrons. The number of carbonyl (C=O) groups excluding carboxylic acids is 1. The Kier molecular flexibility index (Phi) is 6.59. The molecule has 0 aliphatic carbocycles. The predicted octanol–water partition coefficient (Wildman–Crippen LogP) is 5.07. The molecule has 34 heavy (non-hydrogen) atoms. The van der Waals surface area contributed by atoms with Crippen molar-refractivity contribution in [2.45, 2.75) is 24.0 Å². The van der Waals surface area contributed by atoms with Gasteiger partial charge in [-0.2, -0.15) is 13.2 Å². The second kappa shape index (κ2) is 9.59. The Labute approximate surface area is 195 Å². The lowest BCUT2D eigenvalue weighted by molar-refractivity contribution is -0.139. The van der Waals surface area contributed by atoms with Crippen LogP contribution in [0.3, 0.4) is 0 Å². The number of nitrogens with zero attached hydrogens (tertiary/aromatic N) is 5. The van der Waals surface area contributed by atoms with E-state index in [-0.39, 0.29) is 17.1 Å². The summed E-state index contributed by atoms with van der Waals surface area (Å²) in [6.07, 6.45) is -1.76. The van der Waals surface area contributed by atoms with Crippen LogP contribution in [0.15, 0.2) is 66.1 Å². The van der Waals surface area contributed by atoms with Crippen molar-refractivity contribution < 1.29 is 22.4 Å². The van der Waals surface area contributed by atoms with Crippen molar-refractivity contribution in [1.82, 2.24) is 25.0 Å². The molecule has 1 N–H and O–H groups in total. The van der Waals surface area contributed by atoms with Crippen molar-refractivity contribution >= 4 is 23.4 Å². The third-order valence-electron chi connectivity index (χ3n) is 4.67. The van der Waals surface area contributed by atoms with E-state index in [1.807, 2.05) is 19.1 Å². The Balaban J connectivity index is 1.66. The van der Waals surface area contributed by atoms with Crippen molar-refractivity contribution in [2.75, 3.05) is 5.32 Å². The first kappa shape index (κ1) is 23.4. The first-order valence-electron chi connectivity index (χ1n) is 9.82. The molecule has 0 unspecified atom stereocenters. The third kappa shape index (κ3) is 5.22. The molecule has 0 spiro atoms. The maximum Gasteiger partial charge on any atom is 0.419 e. The van der Waals surface area contributed by atoms with E-state index in [2.05, 4.69) is 25.6 Å². The summed E-state index contributed by atoms with van der Waals surface area (Å²) in [7, 11) is 0. The number of halogens is 4. The van der Waals surface area contributed by atoms with Crippen LogP contribution >= 0.6 is 11.8 Å². The molecule has 0 saturated heterocycles. The third-order valence-corrected chi connectivity index (χ3v) is 5.55. The van der Waals surface area contributed by atoms with E-state index < -0.39 is 23.5 Å². The highest BCUT2D eigenvalue weighted by Gasteiger charge is 2.34. The zero-order chi connectivity index (χ0) is 24.3. The van der Waals surface area contributed by atoms with Crippen molar-refractivity contribution in [3.63, 3.8) is 0 Å². The van der Waals surface area contributed by atoms with Gasteiger partial charge in [-0.1, -0.05) is 34.7 Å². The number of hydrogen-bond donors (Lipinski definition) is 1. The molecule has 2 heterocycles. The van der Waals surface area contributed by atoms with Gasteiger partial charge in [0.2, 0.25) is 0 Å². The van der Waals surface area contributed by atoms with E-state index in [4.69, 9.17) is 0 Å². The van der Waals surface area contributed by atoms with Crippen LogP contribution in [0.2, 0.25) is 0 Å². The fraction of sp³-hybridized carbons (Fsp3) is 0.136. The minimum atomic E-state index is -4.91. The van der Waals surface area contributed by atoms with Crippen LogP contribution in [0, 0.1) is 12.7 Å². The van der Waals surface area contributed by atoms with Crippen LogP contribution in [-0.4, -0.2) is 30.9 Å². The van der Waals surface area contributed by atoms with Gasteiger partial charge in [-0.25, -0.2) is 19.0 Å². The number of benzene rings is 2. The summed E-state index contributed by atoms with van der Waals surface area (Å²) in [5.41, 5.74) is 0.244. The molecule has 0 saturated carbocycles. The zero-order valence-electron chi connectivity index (χ0n) is 17.5. The monoisotopic (exact) mass is 488 g/mol. The lowest BCUT2D eigenvalue weighted by atomic mass is 10.1. The molecule has 4 aromatic rings. The summed E-state index contributed by atoms with van der Waals surface area (Å²) in [5.74, 6) is -2.02. The lowest BCUT2D eigenvalue weighted by Gasteiger charge is -2.11. The van der Waals surface area contributed by atoms with Crippen LogP contribution in [0.5, 0.6) is 0 Å². The zero-order valence-corrected chi connectivity index (χ0v) is 18.4. The molecule has 2 aromatic heterocycles. The molecular weight excluding hydrogens is 472 g/mol. The van der Waals surface area contributed by atoms with Crippen molar-refractivity contribution in [3.05, 3.63) is 89.3 Å². The first-order chi connectivity index (χ1) is 16.2. The number of thioether (sulfide) groups is 1. The number of rotatable bonds is 6. The minimum Gasteiger partial charge on any atom is -0.321 e. The fourth-order valence-corrected chi connectivity index (χ4v) is 3.80. The molecule has 1 amide bonds. The van der Waals surface area contributed by atoms with E-state index in [1.54, 1.807) is 30.6 Å². The number of nitrogens with one attached hydrogen (secondary N) is 1.